The first kappa shape index (κ1) is 12.6. The molecule has 0 aliphatic heterocycles. The summed E-state index contributed by atoms with van der Waals surface area (Å²) in [5.74, 6) is -0.590. The molecule has 4 nitrogen and oxygen atoms in total. The largest absolute Gasteiger partial charge is 0.446 e. The predicted molar refractivity (Wildman–Crippen MR) is 68.5 cm³/mol. The molecule has 0 saturated heterocycles. The number of nitriles is 1. The number of aromatic nitrogens is 1. The van der Waals surface area contributed by atoms with Crippen LogP contribution in [0.25, 0.3) is 10.6 Å². The van der Waals surface area contributed by atoms with Crippen molar-refractivity contribution in [3.8, 4) is 16.6 Å². The summed E-state index contributed by atoms with van der Waals surface area (Å²) in [6.07, 6.45) is 0. The van der Waals surface area contributed by atoms with Gasteiger partial charge in [0.2, 0.25) is 0 Å². The Bertz CT molecular complexity index is 601. The molecule has 0 aliphatic carbocycles. The van der Waals surface area contributed by atoms with Crippen LogP contribution in [0.2, 0.25) is 5.02 Å². The third-order valence-corrected chi connectivity index (χ3v) is 3.22. The molecule has 6 heteroatoms. The van der Waals surface area contributed by atoms with E-state index in [-0.39, 0.29) is 12.3 Å². The quantitative estimate of drug-likeness (QED) is 0.809. The van der Waals surface area contributed by atoms with Crippen molar-refractivity contribution in [3.63, 3.8) is 0 Å². The first-order valence-electron chi connectivity index (χ1n) is 4.96. The number of carbonyl (C=O) groups excluding carboxylic acids is 1. The van der Waals surface area contributed by atoms with Crippen LogP contribution in [-0.4, -0.2) is 17.6 Å². The Morgan fingerprint density at radius 3 is 2.83 bits per heavy atom. The molecule has 0 atom stereocenters. The maximum Gasteiger partial charge on any atom is 0.358 e. The van der Waals surface area contributed by atoms with Crippen LogP contribution in [0.3, 0.4) is 0 Å². The Balaban J connectivity index is 2.18. The van der Waals surface area contributed by atoms with Crippen molar-refractivity contribution in [3.05, 3.63) is 40.4 Å². The van der Waals surface area contributed by atoms with Gasteiger partial charge in [-0.25, -0.2) is 9.78 Å². The average Bonchev–Trinajstić information content (AvgIpc) is 2.86. The smallest absolute Gasteiger partial charge is 0.358 e. The number of rotatable bonds is 3. The molecular weight excluding hydrogens is 272 g/mol. The van der Waals surface area contributed by atoms with E-state index in [4.69, 9.17) is 16.9 Å². The van der Waals surface area contributed by atoms with E-state index in [0.29, 0.717) is 10.0 Å². The van der Waals surface area contributed by atoms with Crippen LogP contribution in [0, 0.1) is 11.3 Å². The van der Waals surface area contributed by atoms with Gasteiger partial charge in [-0.2, -0.15) is 5.26 Å². The molecule has 18 heavy (non-hydrogen) atoms. The van der Waals surface area contributed by atoms with Crippen LogP contribution >= 0.6 is 22.9 Å². The van der Waals surface area contributed by atoms with Crippen LogP contribution < -0.4 is 0 Å². The molecule has 0 amide bonds. The SMILES string of the molecule is N#CCOC(=O)c1csc(-c2ccc(Cl)cc2)n1. The van der Waals surface area contributed by atoms with Crippen LogP contribution in [0.15, 0.2) is 29.6 Å². The molecular formula is C12H7ClN2O2S. The highest BCUT2D eigenvalue weighted by Gasteiger charge is 2.12. The number of carbonyl (C=O) groups is 1. The van der Waals surface area contributed by atoms with E-state index in [1.54, 1.807) is 23.6 Å². The molecule has 1 heterocycles. The highest BCUT2D eigenvalue weighted by Crippen LogP contribution is 2.25. The third-order valence-electron chi connectivity index (χ3n) is 2.07. The number of halogens is 1. The normalized spacial score (nSPS) is 9.78. The van der Waals surface area contributed by atoms with Gasteiger partial charge in [-0.05, 0) is 12.1 Å². The molecule has 0 bridgehead atoms. The highest BCUT2D eigenvalue weighted by atomic mass is 35.5. The second-order valence-corrected chi connectivity index (χ2v) is 4.57. The van der Waals surface area contributed by atoms with Gasteiger partial charge in [0.25, 0.3) is 0 Å². The predicted octanol–water partition coefficient (Wildman–Crippen LogP) is 3.14. The van der Waals surface area contributed by atoms with E-state index in [2.05, 4.69) is 9.72 Å². The fourth-order valence-corrected chi connectivity index (χ4v) is 2.19. The van der Waals surface area contributed by atoms with E-state index in [0.717, 1.165) is 5.56 Å². The highest BCUT2D eigenvalue weighted by molar-refractivity contribution is 7.13. The first-order valence-corrected chi connectivity index (χ1v) is 6.22. The lowest BCUT2D eigenvalue weighted by Crippen LogP contribution is -2.05. The molecule has 2 rings (SSSR count). The Kier molecular flexibility index (Phi) is 3.92. The summed E-state index contributed by atoms with van der Waals surface area (Å²) in [7, 11) is 0. The van der Waals surface area contributed by atoms with Gasteiger partial charge < -0.3 is 4.74 Å². The van der Waals surface area contributed by atoms with Crippen molar-refractivity contribution in [2.24, 2.45) is 0 Å². The summed E-state index contributed by atoms with van der Waals surface area (Å²) >= 11 is 7.12. The zero-order valence-electron chi connectivity index (χ0n) is 9.09. The van der Waals surface area contributed by atoms with E-state index >= 15 is 0 Å². The topological polar surface area (TPSA) is 63.0 Å². The van der Waals surface area contributed by atoms with E-state index in [1.807, 2.05) is 12.1 Å². The molecule has 0 saturated carbocycles. The molecule has 0 spiro atoms. The van der Waals surface area contributed by atoms with E-state index in [1.165, 1.54) is 11.3 Å². The van der Waals surface area contributed by atoms with Gasteiger partial charge in [0.05, 0.1) is 0 Å². The van der Waals surface area contributed by atoms with Crippen molar-refractivity contribution < 1.29 is 9.53 Å². The Morgan fingerprint density at radius 2 is 2.17 bits per heavy atom. The van der Waals surface area contributed by atoms with Crippen LogP contribution in [-0.2, 0) is 4.74 Å². The molecule has 0 N–H and O–H groups in total. The number of benzene rings is 1. The number of hydrogen-bond donors (Lipinski definition) is 0. The maximum absolute atomic E-state index is 11.5. The summed E-state index contributed by atoms with van der Waals surface area (Å²) in [6, 6.07) is 8.89. The average molecular weight is 279 g/mol. The first-order chi connectivity index (χ1) is 8.70. The Labute approximate surface area is 112 Å². The molecule has 1 aromatic carbocycles. The molecule has 1 aromatic heterocycles. The fourth-order valence-electron chi connectivity index (χ4n) is 1.26. The van der Waals surface area contributed by atoms with Gasteiger partial charge in [0.15, 0.2) is 12.3 Å². The van der Waals surface area contributed by atoms with Gasteiger partial charge in [-0.15, -0.1) is 11.3 Å². The molecule has 2 aromatic rings. The minimum atomic E-state index is -0.590. The summed E-state index contributed by atoms with van der Waals surface area (Å²) < 4.78 is 4.67. The molecule has 0 radical (unpaired) electrons. The summed E-state index contributed by atoms with van der Waals surface area (Å²) in [6.45, 7) is -0.271. The minimum absolute atomic E-state index is 0.209. The number of nitrogens with zero attached hydrogens (tertiary/aromatic N) is 2. The monoisotopic (exact) mass is 278 g/mol. The molecule has 0 unspecified atom stereocenters. The van der Waals surface area contributed by atoms with Gasteiger partial charge in [0.1, 0.15) is 11.1 Å². The van der Waals surface area contributed by atoms with Crippen molar-refractivity contribution in [2.45, 2.75) is 0 Å². The van der Waals surface area contributed by atoms with Gasteiger partial charge in [0, 0.05) is 16.0 Å². The molecule has 0 aliphatic rings. The van der Waals surface area contributed by atoms with Gasteiger partial charge in [-0.3, -0.25) is 0 Å². The Hall–Kier alpha value is -1.90. The van der Waals surface area contributed by atoms with Gasteiger partial charge >= 0.3 is 5.97 Å². The summed E-state index contributed by atoms with van der Waals surface area (Å²) in [5.41, 5.74) is 1.09. The lowest BCUT2D eigenvalue weighted by Gasteiger charge is -1.96. The second-order valence-electron chi connectivity index (χ2n) is 3.28. The van der Waals surface area contributed by atoms with Crippen LogP contribution in [0.4, 0.5) is 0 Å². The summed E-state index contributed by atoms with van der Waals surface area (Å²) in [5, 5.41) is 11.3. The molecule has 0 fully saturated rings. The van der Waals surface area contributed by atoms with Crippen molar-refractivity contribution in [1.29, 1.82) is 5.26 Å². The standard InChI is InChI=1S/C12H7ClN2O2S/c13-9-3-1-8(2-4-9)11-15-10(7-18-11)12(16)17-6-5-14/h1-4,7H,6H2. The second kappa shape index (κ2) is 5.63. The number of thiazole rings is 1. The van der Waals surface area contributed by atoms with Crippen molar-refractivity contribution in [2.75, 3.05) is 6.61 Å². The zero-order chi connectivity index (χ0) is 13.0. The maximum atomic E-state index is 11.5. The van der Waals surface area contributed by atoms with Crippen molar-refractivity contribution >= 4 is 28.9 Å². The number of ether oxygens (including phenoxy) is 1. The lowest BCUT2D eigenvalue weighted by molar-refractivity contribution is 0.0549. The lowest BCUT2D eigenvalue weighted by atomic mass is 10.2. The molecule has 90 valence electrons. The number of hydrogen-bond acceptors (Lipinski definition) is 5. The van der Waals surface area contributed by atoms with Gasteiger partial charge in [-0.1, -0.05) is 23.7 Å². The van der Waals surface area contributed by atoms with E-state index in [9.17, 15) is 4.79 Å². The van der Waals surface area contributed by atoms with Crippen LogP contribution in [0.5, 0.6) is 0 Å². The third kappa shape index (κ3) is 2.86. The fraction of sp³-hybridized carbons (Fsp3) is 0.0833. The van der Waals surface area contributed by atoms with E-state index < -0.39 is 5.97 Å². The Morgan fingerprint density at radius 1 is 1.44 bits per heavy atom. The zero-order valence-corrected chi connectivity index (χ0v) is 10.7. The minimum Gasteiger partial charge on any atom is -0.446 e. The van der Waals surface area contributed by atoms with Crippen LogP contribution in [0.1, 0.15) is 10.5 Å². The summed E-state index contributed by atoms with van der Waals surface area (Å²) in [4.78, 5) is 15.6. The number of esters is 1. The van der Waals surface area contributed by atoms with Crippen molar-refractivity contribution in [1.82, 2.24) is 4.98 Å².